The molecule has 136 heavy (non-hydrogen) atoms. The van der Waals surface area contributed by atoms with Crippen molar-refractivity contribution in [3.8, 4) is 11.5 Å². The molecule has 0 saturated carbocycles. The first-order chi connectivity index (χ1) is 64.9. The van der Waals surface area contributed by atoms with Crippen molar-refractivity contribution in [3.05, 3.63) is 203 Å². The number of nitrogens with two attached hydrogens (primary N) is 2. The maximum absolute atomic E-state index is 15.8. The zero-order chi connectivity index (χ0) is 98.5. The minimum absolute atomic E-state index is 0.0314. The standard InChI is InChI=1S/C100H124F3N15O17S/c1-9-10-27-80-99(134)117-41-20-29-81(117)100(135)118-54-65(104)51-82(118)86(122)52-69(58(4)5)95(130)114(7)83(48-59-21-13-11-14-22-59)94(129)111-77(46-62-32-36-67(120)37-33-62)97(132)116-40-19-28-79(116)93(128)110-75(50-64-53-106-72-26-18-17-25-68(64)72)92(127)109-74(45-61-30-34-66(119)35-31-61)91(126)108-73(42-57(2)3)90(125)112-78(85(121)38-39-87(105)123)55-136-56-88(124)107-76(47-63-43-70(101)89(103)71(102)44-63)96(131)115(8)84(98(133)113(80)6)49-60-23-15-12-16-24-60/h11-18,21-26,30-37,43-44,53,57-58,65,69,73-84,106,119-120H,9-10,19-20,27-29,38-42,45-52,54-56,104H2,1-8H3,(H2,105,123)(H,107,124)(H,108,126)(H,109,127)(H,110,128)(H,111,129)(H,112,125)/t65-,69+,73+,74+,75+,76+,77+,78+,79-,80+,81-,82+,83+,84+/m1/s1. The van der Waals surface area contributed by atoms with E-state index in [1.165, 1.54) is 82.0 Å². The molecule has 7 aromatic rings. The number of unbranched alkanes of at least 4 members (excludes halogenated alkanes) is 1. The summed E-state index contributed by atoms with van der Waals surface area (Å²) < 4.78 is 45.2. The number of primary amides is 1. The number of nitrogens with zero attached hydrogens (tertiary/aromatic N) is 6. The van der Waals surface area contributed by atoms with Crippen molar-refractivity contribution in [1.82, 2.24) is 66.3 Å². The van der Waals surface area contributed by atoms with Crippen LogP contribution in [0.2, 0.25) is 0 Å². The van der Waals surface area contributed by atoms with E-state index in [-0.39, 0.29) is 107 Å². The van der Waals surface area contributed by atoms with Gasteiger partial charge in [0, 0.05) is 133 Å². The van der Waals surface area contributed by atoms with Crippen LogP contribution in [-0.4, -0.2) is 264 Å². The predicted molar refractivity (Wildman–Crippen MR) is 502 cm³/mol. The first-order valence-electron chi connectivity index (χ1n) is 46.4. The van der Waals surface area contributed by atoms with E-state index in [0.717, 1.165) is 16.7 Å². The highest BCUT2D eigenvalue weighted by atomic mass is 32.2. The van der Waals surface area contributed by atoms with Crippen LogP contribution in [0, 0.1) is 35.2 Å². The van der Waals surface area contributed by atoms with E-state index in [0.29, 0.717) is 70.1 Å². The summed E-state index contributed by atoms with van der Waals surface area (Å²) in [6, 6.07) is 18.8. The summed E-state index contributed by atoms with van der Waals surface area (Å²) >= 11 is 0.742. The van der Waals surface area contributed by atoms with Gasteiger partial charge in [-0.2, -0.15) is 0 Å². The molecular formula is C100H124F3N15O17S. The smallest absolute Gasteiger partial charge is 0.246 e. The SMILES string of the molecule is CCCC[C@H]1C(=O)N2CCC[C@@H]2C(=O)N2C[C@H](N)C[C@H]2C(=O)C[C@@H](C(C)C)C(=O)N(C)[C@@H](Cc2ccccc2)C(=O)N[C@@H](Cc2ccc(O)cc2)C(=O)N2CCC[C@@H]2C(=O)N[C@@H](Cc2c[nH]c3ccccc23)C(=O)N[C@@H](Cc2ccc(O)cc2)C(=O)N[C@@H](CC(C)C)C(=O)N[C@H](C(=O)CCC(N)=O)CSCC(=O)N[C@@H](Cc2cc(F)c(F)c(F)c2)C(=O)N(C)[C@@H](Cc2ccccc2)C(=O)N1C. The highest BCUT2D eigenvalue weighted by Gasteiger charge is 2.49. The van der Waals surface area contributed by atoms with Crippen molar-refractivity contribution < 1.29 is 95.3 Å². The Morgan fingerprint density at radius 2 is 1.01 bits per heavy atom. The Hall–Kier alpha value is -13.0. The number of halogens is 3. The highest BCUT2D eigenvalue weighted by molar-refractivity contribution is 8.00. The molecule has 13 N–H and O–H groups in total. The number of phenolic OH excluding ortho intramolecular Hbond substituents is 2. The lowest BCUT2D eigenvalue weighted by atomic mass is 9.86. The fourth-order valence-corrected chi connectivity index (χ4v) is 19.2. The van der Waals surface area contributed by atoms with E-state index >= 15 is 66.3 Å². The lowest BCUT2D eigenvalue weighted by Crippen LogP contribution is -2.61. The van der Waals surface area contributed by atoms with Crippen LogP contribution in [0.1, 0.15) is 145 Å². The third kappa shape index (κ3) is 27.0. The maximum atomic E-state index is 15.8. The van der Waals surface area contributed by atoms with Crippen LogP contribution >= 0.6 is 11.8 Å². The molecule has 0 bridgehead atoms. The number of aromatic amines is 1. The molecule has 0 radical (unpaired) electrons. The Morgan fingerprint density at radius 1 is 0.500 bits per heavy atom. The molecule has 14 atom stereocenters. The number of phenols is 2. The molecule has 5 heterocycles. The van der Waals surface area contributed by atoms with Gasteiger partial charge in [0.15, 0.2) is 29.0 Å². The number of Topliss-reactive ketones (excluding diaryl/α,β-unsaturated/α-hetero) is 2. The molecule has 4 saturated heterocycles. The van der Waals surface area contributed by atoms with Crippen molar-refractivity contribution in [3.63, 3.8) is 0 Å². The van der Waals surface area contributed by atoms with Crippen molar-refractivity contribution in [2.45, 2.75) is 229 Å². The molecule has 1 aromatic heterocycles. The van der Waals surface area contributed by atoms with Gasteiger partial charge in [-0.05, 0) is 133 Å². The van der Waals surface area contributed by atoms with Gasteiger partial charge in [-0.15, -0.1) is 11.8 Å². The Bertz CT molecular complexity index is 5440. The average molecular weight is 1900 g/mol. The summed E-state index contributed by atoms with van der Waals surface area (Å²) in [5.74, 6) is -20.7. The van der Waals surface area contributed by atoms with Gasteiger partial charge in [-0.3, -0.25) is 71.9 Å². The number of ketones is 2. The zero-order valence-corrected chi connectivity index (χ0v) is 78.6. The summed E-state index contributed by atoms with van der Waals surface area (Å²) in [5, 5.41) is 38.3. The number of H-pyrrole nitrogens is 1. The van der Waals surface area contributed by atoms with Crippen molar-refractivity contribution in [2.75, 3.05) is 52.3 Å². The largest absolute Gasteiger partial charge is 0.508 e. The van der Waals surface area contributed by atoms with Gasteiger partial charge in [0.25, 0.3) is 0 Å². The van der Waals surface area contributed by atoms with E-state index in [2.05, 4.69) is 36.9 Å². The Kier molecular flexibility index (Phi) is 36.5. The number of nitrogens with one attached hydrogen (secondary N) is 7. The first kappa shape index (κ1) is 104. The summed E-state index contributed by atoms with van der Waals surface area (Å²) in [4.78, 5) is 239. The van der Waals surface area contributed by atoms with E-state index in [9.17, 15) is 29.0 Å². The van der Waals surface area contributed by atoms with Crippen LogP contribution in [0.3, 0.4) is 0 Å². The van der Waals surface area contributed by atoms with Crippen LogP contribution in [0.5, 0.6) is 11.5 Å². The van der Waals surface area contributed by atoms with Gasteiger partial charge >= 0.3 is 0 Å². The van der Waals surface area contributed by atoms with Crippen LogP contribution in [0.4, 0.5) is 13.2 Å². The quantitative estimate of drug-likeness (QED) is 0.0341. The lowest BCUT2D eigenvalue weighted by Gasteiger charge is -2.38. The second kappa shape index (κ2) is 48.0. The number of aromatic nitrogens is 1. The zero-order valence-electron chi connectivity index (χ0n) is 77.8. The summed E-state index contributed by atoms with van der Waals surface area (Å²) in [6.45, 7) is 8.66. The summed E-state index contributed by atoms with van der Waals surface area (Å²) in [6.07, 6.45) is -0.207. The van der Waals surface area contributed by atoms with Gasteiger partial charge in [0.2, 0.25) is 76.8 Å². The second-order valence-electron chi connectivity index (χ2n) is 36.7. The molecule has 6 aromatic carbocycles. The Balaban J connectivity index is 0.986. The van der Waals surface area contributed by atoms with Crippen LogP contribution < -0.4 is 43.4 Å². The van der Waals surface area contributed by atoms with Crippen LogP contribution in [0.25, 0.3) is 10.9 Å². The number of carbonyl (C=O) groups excluding carboxylic acids is 15. The molecule has 4 fully saturated rings. The van der Waals surface area contributed by atoms with Gasteiger partial charge in [-0.1, -0.05) is 151 Å². The number of hydrogen-bond donors (Lipinski definition) is 11. The molecule has 13 amide bonds. The van der Waals surface area contributed by atoms with E-state index < -0.39 is 239 Å². The average Bonchev–Trinajstić information content (AvgIpc) is 1.62. The molecule has 0 unspecified atom stereocenters. The van der Waals surface area contributed by atoms with Crippen LogP contribution in [0.15, 0.2) is 152 Å². The third-order valence-electron chi connectivity index (χ3n) is 25.9. The Labute approximate surface area is 792 Å². The number of fused-ring (bicyclic) bond motifs is 4. The van der Waals surface area contributed by atoms with Crippen molar-refractivity contribution >= 4 is 111 Å². The third-order valence-corrected chi connectivity index (χ3v) is 26.9. The number of hydrogen-bond acceptors (Lipinski definition) is 19. The molecule has 4 aliphatic heterocycles. The monoisotopic (exact) mass is 1900 g/mol. The van der Waals surface area contributed by atoms with Gasteiger partial charge in [-0.25, -0.2) is 13.2 Å². The van der Waals surface area contributed by atoms with Gasteiger partial charge in [0.05, 0.1) is 17.8 Å². The minimum Gasteiger partial charge on any atom is -0.508 e. The van der Waals surface area contributed by atoms with Crippen LogP contribution in [-0.2, 0) is 110 Å². The minimum atomic E-state index is -1.83. The van der Waals surface area contributed by atoms with E-state index in [1.807, 2.05) is 6.92 Å². The molecule has 728 valence electrons. The Morgan fingerprint density at radius 3 is 1.60 bits per heavy atom. The van der Waals surface area contributed by atoms with Gasteiger partial charge < -0.3 is 88.0 Å². The van der Waals surface area contributed by atoms with E-state index in [1.54, 1.807) is 131 Å². The fraction of sp³-hybridized carbons (Fsp3) is 0.470. The number of thioether (sulfide) groups is 1. The summed E-state index contributed by atoms with van der Waals surface area (Å²) in [5.41, 5.74) is 15.0. The molecule has 11 rings (SSSR count). The normalized spacial score (nSPS) is 24.5. The van der Waals surface area contributed by atoms with Crippen molar-refractivity contribution in [2.24, 2.45) is 29.2 Å². The van der Waals surface area contributed by atoms with Crippen molar-refractivity contribution in [1.29, 1.82) is 0 Å². The lowest BCUT2D eigenvalue weighted by molar-refractivity contribution is -0.154. The molecule has 0 aliphatic carbocycles. The van der Waals surface area contributed by atoms with Gasteiger partial charge in [0.1, 0.15) is 71.9 Å². The maximum Gasteiger partial charge on any atom is 0.246 e. The number of carbonyl (C=O) groups is 15. The first-order valence-corrected chi connectivity index (χ1v) is 47.5. The molecular weight excluding hydrogens is 1770 g/mol. The summed E-state index contributed by atoms with van der Waals surface area (Å²) in [7, 11) is 4.04. The number of para-hydroxylation sites is 1. The number of rotatable bonds is 22. The molecule has 32 nitrogen and oxygen atoms in total. The van der Waals surface area contributed by atoms with E-state index in [4.69, 9.17) is 11.5 Å². The number of likely N-dealkylation sites (N-methyl/N-ethyl adjacent to an activating group) is 3. The number of benzene rings is 6. The molecule has 36 heteroatoms. The molecule has 0 spiro atoms. The second-order valence-corrected chi connectivity index (χ2v) is 37.7. The topological polar surface area (TPSA) is 456 Å². The number of amides is 13. The fourth-order valence-electron chi connectivity index (χ4n) is 18.3. The highest BCUT2D eigenvalue weighted by Crippen LogP contribution is 2.33. The molecule has 4 aliphatic rings. The number of aromatic hydroxyl groups is 2. The predicted octanol–water partition coefficient (Wildman–Crippen LogP) is 6.10.